The molecule has 3 heterocycles. The Kier molecular flexibility index (Phi) is 8.86. The third kappa shape index (κ3) is 8.03. The first-order valence-corrected chi connectivity index (χ1v) is 13.2. The van der Waals surface area contributed by atoms with E-state index in [4.69, 9.17) is 16.3 Å². The van der Waals surface area contributed by atoms with Gasteiger partial charge in [-0.3, -0.25) is 9.78 Å². The molecule has 0 atom stereocenters. The molecule has 1 aliphatic heterocycles. The number of nitrogens with zero attached hydrogens (tertiary/aromatic N) is 6. The molecule has 1 aromatic carbocycles. The van der Waals surface area contributed by atoms with Gasteiger partial charge in [-0.2, -0.15) is 0 Å². The zero-order valence-electron chi connectivity index (χ0n) is 22.7. The monoisotopic (exact) mass is 551 g/mol. The van der Waals surface area contributed by atoms with E-state index in [1.54, 1.807) is 38.9 Å². The SMILES string of the molecule is CN(Cc1cccc(-c2cnc(N3CCN(c4cncc(Cl)c4)CC3)nc2)c1)C(=O)CNC(=O)OC(C)(C)C. The first kappa shape index (κ1) is 28.1. The maximum atomic E-state index is 12.5. The molecular weight excluding hydrogens is 518 g/mol. The van der Waals surface area contributed by atoms with Crippen LogP contribution in [0.5, 0.6) is 0 Å². The number of rotatable bonds is 7. The molecule has 1 aliphatic rings. The Morgan fingerprint density at radius 3 is 2.36 bits per heavy atom. The largest absolute Gasteiger partial charge is 0.444 e. The summed E-state index contributed by atoms with van der Waals surface area (Å²) in [5, 5.41) is 3.14. The van der Waals surface area contributed by atoms with Gasteiger partial charge in [0.15, 0.2) is 0 Å². The number of carbonyl (C=O) groups is 2. The van der Waals surface area contributed by atoms with Crippen LogP contribution in [0.1, 0.15) is 26.3 Å². The van der Waals surface area contributed by atoms with Crippen molar-refractivity contribution in [1.82, 2.24) is 25.2 Å². The number of amides is 2. The molecule has 2 aromatic heterocycles. The van der Waals surface area contributed by atoms with Crippen molar-refractivity contribution in [3.05, 3.63) is 65.7 Å². The first-order valence-electron chi connectivity index (χ1n) is 12.8. The zero-order chi connectivity index (χ0) is 28.0. The summed E-state index contributed by atoms with van der Waals surface area (Å²) in [4.78, 5) is 43.7. The van der Waals surface area contributed by atoms with E-state index in [-0.39, 0.29) is 12.5 Å². The maximum absolute atomic E-state index is 12.5. The van der Waals surface area contributed by atoms with Crippen molar-refractivity contribution in [3.63, 3.8) is 0 Å². The van der Waals surface area contributed by atoms with Crippen LogP contribution in [-0.4, -0.2) is 77.2 Å². The molecule has 39 heavy (non-hydrogen) atoms. The molecule has 11 heteroatoms. The molecule has 4 rings (SSSR count). The second kappa shape index (κ2) is 12.3. The lowest BCUT2D eigenvalue weighted by Crippen LogP contribution is -2.47. The molecule has 1 N–H and O–H groups in total. The quantitative estimate of drug-likeness (QED) is 0.470. The van der Waals surface area contributed by atoms with Gasteiger partial charge in [0, 0.05) is 63.9 Å². The van der Waals surface area contributed by atoms with E-state index < -0.39 is 11.7 Å². The Labute approximate surface area is 234 Å². The molecule has 0 saturated carbocycles. The number of carbonyl (C=O) groups excluding carboxylic acids is 2. The van der Waals surface area contributed by atoms with Crippen LogP contribution >= 0.6 is 11.6 Å². The van der Waals surface area contributed by atoms with Crippen molar-refractivity contribution in [2.24, 2.45) is 0 Å². The first-order chi connectivity index (χ1) is 18.6. The normalized spacial score (nSPS) is 13.7. The summed E-state index contributed by atoms with van der Waals surface area (Å²) in [5.41, 5.74) is 3.21. The Morgan fingerprint density at radius 1 is 1.00 bits per heavy atom. The Hall–Kier alpha value is -3.92. The molecule has 0 bridgehead atoms. The predicted octanol–water partition coefficient (Wildman–Crippen LogP) is 4.00. The van der Waals surface area contributed by atoms with E-state index in [9.17, 15) is 9.59 Å². The summed E-state index contributed by atoms with van der Waals surface area (Å²) < 4.78 is 5.18. The summed E-state index contributed by atoms with van der Waals surface area (Å²) >= 11 is 6.09. The average molecular weight is 552 g/mol. The van der Waals surface area contributed by atoms with Gasteiger partial charge in [-0.05, 0) is 44.0 Å². The van der Waals surface area contributed by atoms with Crippen LogP contribution in [0, 0.1) is 0 Å². The van der Waals surface area contributed by atoms with Crippen LogP contribution in [0.25, 0.3) is 11.1 Å². The highest BCUT2D eigenvalue weighted by atomic mass is 35.5. The number of alkyl carbamates (subject to hydrolysis) is 1. The molecule has 1 saturated heterocycles. The van der Waals surface area contributed by atoms with Crippen LogP contribution in [-0.2, 0) is 16.1 Å². The fourth-order valence-electron chi connectivity index (χ4n) is 4.18. The summed E-state index contributed by atoms with van der Waals surface area (Å²) in [6.45, 7) is 8.83. The summed E-state index contributed by atoms with van der Waals surface area (Å²) in [7, 11) is 1.70. The van der Waals surface area contributed by atoms with E-state index in [0.29, 0.717) is 17.5 Å². The third-order valence-electron chi connectivity index (χ3n) is 6.14. The Morgan fingerprint density at radius 2 is 1.69 bits per heavy atom. The number of likely N-dealkylation sites (N-methyl/N-ethyl adjacent to an activating group) is 1. The van der Waals surface area contributed by atoms with Gasteiger partial charge in [-0.1, -0.05) is 29.8 Å². The van der Waals surface area contributed by atoms with Crippen LogP contribution in [0.15, 0.2) is 55.1 Å². The smallest absolute Gasteiger partial charge is 0.408 e. The topological polar surface area (TPSA) is 104 Å². The van der Waals surface area contributed by atoms with Crippen LogP contribution in [0.2, 0.25) is 5.02 Å². The van der Waals surface area contributed by atoms with Crippen molar-refractivity contribution in [2.45, 2.75) is 32.9 Å². The van der Waals surface area contributed by atoms with Crippen molar-refractivity contribution < 1.29 is 14.3 Å². The number of anilines is 2. The van der Waals surface area contributed by atoms with Crippen LogP contribution in [0.3, 0.4) is 0 Å². The number of benzene rings is 1. The van der Waals surface area contributed by atoms with Gasteiger partial charge in [-0.15, -0.1) is 0 Å². The van der Waals surface area contributed by atoms with Gasteiger partial charge in [0.05, 0.1) is 16.9 Å². The summed E-state index contributed by atoms with van der Waals surface area (Å²) in [5.74, 6) is 0.479. The van der Waals surface area contributed by atoms with E-state index in [1.807, 2.05) is 48.9 Å². The molecular formula is C28H34ClN7O3. The summed E-state index contributed by atoms with van der Waals surface area (Å²) in [6, 6.07) is 9.84. The maximum Gasteiger partial charge on any atom is 0.408 e. The molecule has 2 amide bonds. The van der Waals surface area contributed by atoms with Gasteiger partial charge in [0.25, 0.3) is 0 Å². The number of halogens is 1. The van der Waals surface area contributed by atoms with Gasteiger partial charge < -0.3 is 24.8 Å². The number of hydrogen-bond acceptors (Lipinski definition) is 8. The lowest BCUT2D eigenvalue weighted by molar-refractivity contribution is -0.129. The van der Waals surface area contributed by atoms with E-state index in [0.717, 1.165) is 48.6 Å². The fourth-order valence-corrected chi connectivity index (χ4v) is 4.35. The number of hydrogen-bond donors (Lipinski definition) is 1. The number of piperazine rings is 1. The Balaban J connectivity index is 1.31. The zero-order valence-corrected chi connectivity index (χ0v) is 23.5. The number of pyridine rings is 1. The van der Waals surface area contributed by atoms with E-state index in [2.05, 4.69) is 30.1 Å². The van der Waals surface area contributed by atoms with Crippen molar-refractivity contribution in [3.8, 4) is 11.1 Å². The van der Waals surface area contributed by atoms with Gasteiger partial charge in [0.1, 0.15) is 12.1 Å². The van der Waals surface area contributed by atoms with E-state index in [1.165, 1.54) is 0 Å². The standard InChI is InChI=1S/C28H34ClN7O3/c1-28(2,3)39-27(38)33-18-25(37)34(4)19-20-6-5-7-21(12-20)22-14-31-26(32-15-22)36-10-8-35(9-11-36)24-13-23(29)16-30-17-24/h5-7,12-17H,8-11,18-19H2,1-4H3,(H,33,38). The number of ether oxygens (including phenoxy) is 1. The molecule has 0 aliphatic carbocycles. The lowest BCUT2D eigenvalue weighted by Gasteiger charge is -2.35. The average Bonchev–Trinajstić information content (AvgIpc) is 2.91. The second-order valence-corrected chi connectivity index (χ2v) is 10.8. The minimum absolute atomic E-state index is 0.134. The van der Waals surface area contributed by atoms with Gasteiger partial charge in [0.2, 0.25) is 11.9 Å². The summed E-state index contributed by atoms with van der Waals surface area (Å²) in [6.07, 6.45) is 6.50. The highest BCUT2D eigenvalue weighted by Crippen LogP contribution is 2.23. The van der Waals surface area contributed by atoms with E-state index >= 15 is 0 Å². The van der Waals surface area contributed by atoms with Crippen molar-refractivity contribution in [2.75, 3.05) is 49.6 Å². The third-order valence-corrected chi connectivity index (χ3v) is 6.35. The second-order valence-electron chi connectivity index (χ2n) is 10.4. The predicted molar refractivity (Wildman–Crippen MR) is 152 cm³/mol. The molecule has 0 spiro atoms. The highest BCUT2D eigenvalue weighted by molar-refractivity contribution is 6.30. The number of nitrogens with one attached hydrogen (secondary N) is 1. The fraction of sp³-hybridized carbons (Fsp3) is 0.393. The minimum Gasteiger partial charge on any atom is -0.444 e. The molecule has 0 radical (unpaired) electrons. The molecule has 1 fully saturated rings. The van der Waals surface area contributed by atoms with Crippen LogP contribution < -0.4 is 15.1 Å². The molecule has 10 nitrogen and oxygen atoms in total. The van der Waals surface area contributed by atoms with Gasteiger partial charge >= 0.3 is 6.09 Å². The van der Waals surface area contributed by atoms with Crippen molar-refractivity contribution >= 4 is 35.2 Å². The van der Waals surface area contributed by atoms with Crippen LogP contribution in [0.4, 0.5) is 16.4 Å². The minimum atomic E-state index is -0.619. The lowest BCUT2D eigenvalue weighted by atomic mass is 10.1. The number of aromatic nitrogens is 3. The molecule has 3 aromatic rings. The highest BCUT2D eigenvalue weighted by Gasteiger charge is 2.20. The molecule has 206 valence electrons. The molecule has 0 unspecified atom stereocenters. The van der Waals surface area contributed by atoms with Crippen molar-refractivity contribution in [1.29, 1.82) is 0 Å². The Bertz CT molecular complexity index is 1290. The van der Waals surface area contributed by atoms with Gasteiger partial charge in [-0.25, -0.2) is 14.8 Å².